The normalized spacial score (nSPS) is 11.1. The van der Waals surface area contributed by atoms with Crippen molar-refractivity contribution in [2.75, 3.05) is 27.2 Å². The lowest BCUT2D eigenvalue weighted by molar-refractivity contribution is 0.301. The molecule has 0 radical (unpaired) electrons. The number of unbranched alkanes of at least 4 members (excludes halogenated alkanes) is 1. The highest BCUT2D eigenvalue weighted by atomic mass is 16.5. The third-order valence-electron chi connectivity index (χ3n) is 4.57. The van der Waals surface area contributed by atoms with Crippen molar-refractivity contribution in [1.82, 2.24) is 19.2 Å². The van der Waals surface area contributed by atoms with E-state index in [2.05, 4.69) is 36.2 Å². The summed E-state index contributed by atoms with van der Waals surface area (Å²) in [6.45, 7) is 2.23. The molecule has 0 fully saturated rings. The number of aromatic nitrogens is 3. The first kappa shape index (κ1) is 19.9. The SMILES string of the molecule is CN(C)CCc1ccc(-n2cnn(CCCCOc3ccccc3)c2=O)cc1. The molecule has 1 heterocycles. The van der Waals surface area contributed by atoms with Gasteiger partial charge in [0.25, 0.3) is 0 Å². The van der Waals surface area contributed by atoms with Gasteiger partial charge in [0.05, 0.1) is 12.3 Å². The lowest BCUT2D eigenvalue weighted by atomic mass is 10.1. The summed E-state index contributed by atoms with van der Waals surface area (Å²) in [6.07, 6.45) is 4.30. The molecule has 0 aliphatic carbocycles. The molecule has 0 amide bonds. The Morgan fingerprint density at radius 2 is 1.75 bits per heavy atom. The molecular formula is C22H28N4O2. The Balaban J connectivity index is 1.50. The van der Waals surface area contributed by atoms with E-state index in [1.54, 1.807) is 10.9 Å². The van der Waals surface area contributed by atoms with E-state index in [1.807, 2.05) is 42.5 Å². The van der Waals surface area contributed by atoms with Gasteiger partial charge in [0.15, 0.2) is 0 Å². The van der Waals surface area contributed by atoms with Gasteiger partial charge in [0.2, 0.25) is 0 Å². The Labute approximate surface area is 166 Å². The molecule has 0 saturated carbocycles. The van der Waals surface area contributed by atoms with Crippen molar-refractivity contribution in [2.45, 2.75) is 25.8 Å². The number of nitrogens with zero attached hydrogens (tertiary/aromatic N) is 4. The lowest BCUT2D eigenvalue weighted by Gasteiger charge is -2.09. The first-order valence-electron chi connectivity index (χ1n) is 9.70. The zero-order valence-corrected chi connectivity index (χ0v) is 16.6. The highest BCUT2D eigenvalue weighted by molar-refractivity contribution is 5.34. The van der Waals surface area contributed by atoms with E-state index in [0.29, 0.717) is 13.2 Å². The Bertz CT molecular complexity index is 898. The number of rotatable bonds is 10. The van der Waals surface area contributed by atoms with Crippen LogP contribution in [0.15, 0.2) is 65.7 Å². The van der Waals surface area contributed by atoms with Crippen molar-refractivity contribution in [3.05, 3.63) is 77.0 Å². The van der Waals surface area contributed by atoms with Crippen LogP contribution in [0.3, 0.4) is 0 Å². The van der Waals surface area contributed by atoms with E-state index in [9.17, 15) is 4.79 Å². The highest BCUT2D eigenvalue weighted by Crippen LogP contribution is 2.10. The van der Waals surface area contributed by atoms with E-state index in [-0.39, 0.29) is 5.69 Å². The van der Waals surface area contributed by atoms with Gasteiger partial charge in [-0.25, -0.2) is 14.0 Å². The predicted molar refractivity (Wildman–Crippen MR) is 111 cm³/mol. The Morgan fingerprint density at radius 1 is 1.00 bits per heavy atom. The van der Waals surface area contributed by atoms with Crippen molar-refractivity contribution in [1.29, 1.82) is 0 Å². The van der Waals surface area contributed by atoms with Gasteiger partial charge in [-0.3, -0.25) is 0 Å². The number of aryl methyl sites for hydroxylation is 1. The minimum atomic E-state index is -0.106. The van der Waals surface area contributed by atoms with Crippen molar-refractivity contribution in [2.24, 2.45) is 0 Å². The number of para-hydroxylation sites is 1. The lowest BCUT2D eigenvalue weighted by Crippen LogP contribution is -2.24. The fraction of sp³-hybridized carbons (Fsp3) is 0.364. The molecule has 0 atom stereocenters. The maximum absolute atomic E-state index is 12.6. The highest BCUT2D eigenvalue weighted by Gasteiger charge is 2.07. The zero-order valence-electron chi connectivity index (χ0n) is 16.6. The molecule has 3 aromatic rings. The fourth-order valence-electron chi connectivity index (χ4n) is 2.91. The molecule has 28 heavy (non-hydrogen) atoms. The molecule has 0 aliphatic heterocycles. The van der Waals surface area contributed by atoms with E-state index in [1.165, 1.54) is 10.2 Å². The second-order valence-electron chi connectivity index (χ2n) is 7.10. The monoisotopic (exact) mass is 380 g/mol. The molecule has 2 aromatic carbocycles. The molecule has 0 unspecified atom stereocenters. The molecule has 0 saturated heterocycles. The van der Waals surface area contributed by atoms with Crippen molar-refractivity contribution in [3.63, 3.8) is 0 Å². The Morgan fingerprint density at radius 3 is 2.46 bits per heavy atom. The van der Waals surface area contributed by atoms with Crippen LogP contribution in [0.1, 0.15) is 18.4 Å². The number of benzene rings is 2. The molecular weight excluding hydrogens is 352 g/mol. The minimum Gasteiger partial charge on any atom is -0.494 e. The molecule has 0 spiro atoms. The number of hydrogen-bond acceptors (Lipinski definition) is 4. The van der Waals surface area contributed by atoms with Crippen molar-refractivity contribution in [3.8, 4) is 11.4 Å². The summed E-state index contributed by atoms with van der Waals surface area (Å²) in [5.74, 6) is 0.873. The smallest absolute Gasteiger partial charge is 0.350 e. The summed E-state index contributed by atoms with van der Waals surface area (Å²) in [5.41, 5.74) is 2.00. The number of hydrogen-bond donors (Lipinski definition) is 0. The van der Waals surface area contributed by atoms with E-state index in [4.69, 9.17) is 4.74 Å². The van der Waals surface area contributed by atoms with Crippen LogP contribution >= 0.6 is 0 Å². The van der Waals surface area contributed by atoms with Crippen LogP contribution < -0.4 is 10.4 Å². The quantitative estimate of drug-likeness (QED) is 0.508. The molecule has 0 aliphatic rings. The molecule has 1 aromatic heterocycles. The maximum Gasteiger partial charge on any atom is 0.350 e. The van der Waals surface area contributed by atoms with Gasteiger partial charge in [0.1, 0.15) is 12.1 Å². The van der Waals surface area contributed by atoms with Gasteiger partial charge in [-0.1, -0.05) is 30.3 Å². The molecule has 3 rings (SSSR count). The second kappa shape index (κ2) is 9.90. The molecule has 6 nitrogen and oxygen atoms in total. The summed E-state index contributed by atoms with van der Waals surface area (Å²) >= 11 is 0. The maximum atomic E-state index is 12.6. The van der Waals surface area contributed by atoms with Gasteiger partial charge in [-0.05, 0) is 63.2 Å². The Hall–Kier alpha value is -2.86. The van der Waals surface area contributed by atoms with Gasteiger partial charge < -0.3 is 9.64 Å². The number of ether oxygens (including phenoxy) is 1. The predicted octanol–water partition coefficient (Wildman–Crippen LogP) is 3.00. The standard InChI is InChI=1S/C22H28N4O2/c1-24(2)16-14-19-10-12-20(13-11-19)25-18-23-26(22(25)27)15-6-7-17-28-21-8-4-3-5-9-21/h3-5,8-13,18H,6-7,14-17H2,1-2H3. The van der Waals surface area contributed by atoms with Crippen molar-refractivity contribution >= 4 is 0 Å². The topological polar surface area (TPSA) is 52.3 Å². The average molecular weight is 380 g/mol. The van der Waals surface area contributed by atoms with Crippen LogP contribution in [0.5, 0.6) is 5.75 Å². The van der Waals surface area contributed by atoms with Gasteiger partial charge >= 0.3 is 5.69 Å². The summed E-state index contributed by atoms with van der Waals surface area (Å²) in [6, 6.07) is 17.9. The molecule has 0 bridgehead atoms. The Kier molecular flexibility index (Phi) is 7.03. The van der Waals surface area contributed by atoms with E-state index < -0.39 is 0 Å². The first-order valence-corrected chi connectivity index (χ1v) is 9.70. The van der Waals surface area contributed by atoms with Crippen LogP contribution in [0, 0.1) is 0 Å². The molecule has 0 N–H and O–H groups in total. The van der Waals surface area contributed by atoms with Crippen LogP contribution in [0.2, 0.25) is 0 Å². The van der Waals surface area contributed by atoms with Crippen LogP contribution in [0.4, 0.5) is 0 Å². The largest absolute Gasteiger partial charge is 0.494 e. The zero-order chi connectivity index (χ0) is 19.8. The van der Waals surface area contributed by atoms with E-state index in [0.717, 1.165) is 37.2 Å². The van der Waals surface area contributed by atoms with Gasteiger partial charge in [0, 0.05) is 13.1 Å². The number of likely N-dealkylation sites (N-methyl/N-ethyl adjacent to an activating group) is 1. The van der Waals surface area contributed by atoms with Crippen LogP contribution in [-0.4, -0.2) is 46.5 Å². The third-order valence-corrected chi connectivity index (χ3v) is 4.57. The molecule has 6 heteroatoms. The first-order chi connectivity index (χ1) is 13.6. The molecule has 148 valence electrons. The van der Waals surface area contributed by atoms with Gasteiger partial charge in [-0.2, -0.15) is 5.10 Å². The summed E-state index contributed by atoms with van der Waals surface area (Å²) in [5, 5.41) is 4.25. The summed E-state index contributed by atoms with van der Waals surface area (Å²) in [4.78, 5) is 14.7. The summed E-state index contributed by atoms with van der Waals surface area (Å²) < 4.78 is 8.79. The average Bonchev–Trinajstić information content (AvgIpc) is 3.08. The van der Waals surface area contributed by atoms with Gasteiger partial charge in [-0.15, -0.1) is 0 Å². The third kappa shape index (κ3) is 5.57. The van der Waals surface area contributed by atoms with Crippen molar-refractivity contribution < 1.29 is 4.74 Å². The van der Waals surface area contributed by atoms with Crippen LogP contribution in [-0.2, 0) is 13.0 Å². The van der Waals surface area contributed by atoms with Crippen LogP contribution in [0.25, 0.3) is 5.69 Å². The minimum absolute atomic E-state index is 0.106. The summed E-state index contributed by atoms with van der Waals surface area (Å²) in [7, 11) is 4.13. The second-order valence-corrected chi connectivity index (χ2v) is 7.10. The van der Waals surface area contributed by atoms with E-state index >= 15 is 0 Å². The fourth-order valence-corrected chi connectivity index (χ4v) is 2.91.